The Morgan fingerprint density at radius 3 is 2.33 bits per heavy atom. The number of halogens is 3. The zero-order valence-corrected chi connectivity index (χ0v) is 12.3. The van der Waals surface area contributed by atoms with Crippen molar-refractivity contribution in [1.82, 2.24) is 5.32 Å². The number of aryl methyl sites for hydroxylation is 2. The molecule has 0 aliphatic carbocycles. The summed E-state index contributed by atoms with van der Waals surface area (Å²) in [7, 11) is 0. The van der Waals surface area contributed by atoms with Crippen LogP contribution in [0.3, 0.4) is 0 Å². The van der Waals surface area contributed by atoms with Crippen LogP contribution < -0.4 is 5.32 Å². The first-order valence-electron chi connectivity index (χ1n) is 6.82. The molecule has 2 aromatic rings. The summed E-state index contributed by atoms with van der Waals surface area (Å²) in [5, 5.41) is 3.14. The van der Waals surface area contributed by atoms with Gasteiger partial charge < -0.3 is 5.32 Å². The first-order chi connectivity index (χ1) is 9.88. The fraction of sp³-hybridized carbons (Fsp3) is 0.294. The minimum absolute atomic E-state index is 0.0163. The SMILES string of the molecule is Cc1ccc(C)c(C(C)NCc2cc(F)c(F)cc2F)c1. The monoisotopic (exact) mass is 293 g/mol. The van der Waals surface area contributed by atoms with Crippen molar-refractivity contribution >= 4 is 0 Å². The van der Waals surface area contributed by atoms with E-state index in [-0.39, 0.29) is 18.2 Å². The molecule has 4 heteroatoms. The lowest BCUT2D eigenvalue weighted by molar-refractivity contribution is 0.482. The molecule has 0 aromatic heterocycles. The summed E-state index contributed by atoms with van der Waals surface area (Å²) >= 11 is 0. The van der Waals surface area contributed by atoms with E-state index >= 15 is 0 Å². The quantitative estimate of drug-likeness (QED) is 0.814. The van der Waals surface area contributed by atoms with E-state index in [0.29, 0.717) is 6.07 Å². The van der Waals surface area contributed by atoms with Gasteiger partial charge >= 0.3 is 0 Å². The molecule has 1 unspecified atom stereocenters. The van der Waals surface area contributed by atoms with Crippen LogP contribution in [0.25, 0.3) is 0 Å². The van der Waals surface area contributed by atoms with Crippen LogP contribution in [0.4, 0.5) is 13.2 Å². The predicted octanol–water partition coefficient (Wildman–Crippen LogP) is 4.57. The molecular weight excluding hydrogens is 275 g/mol. The van der Waals surface area contributed by atoms with E-state index in [0.717, 1.165) is 22.8 Å². The van der Waals surface area contributed by atoms with E-state index in [4.69, 9.17) is 0 Å². The maximum absolute atomic E-state index is 13.6. The Bertz CT molecular complexity index is 653. The molecule has 2 aromatic carbocycles. The van der Waals surface area contributed by atoms with Gasteiger partial charge in [-0.2, -0.15) is 0 Å². The van der Waals surface area contributed by atoms with Crippen molar-refractivity contribution in [2.75, 3.05) is 0 Å². The highest BCUT2D eigenvalue weighted by molar-refractivity contribution is 5.32. The van der Waals surface area contributed by atoms with Crippen LogP contribution in [-0.4, -0.2) is 0 Å². The summed E-state index contributed by atoms with van der Waals surface area (Å²) in [6, 6.07) is 7.58. The summed E-state index contributed by atoms with van der Waals surface area (Å²) in [4.78, 5) is 0. The molecule has 0 radical (unpaired) electrons. The number of rotatable bonds is 4. The Labute approximate surface area is 122 Å². The van der Waals surface area contributed by atoms with Crippen LogP contribution in [-0.2, 0) is 6.54 Å². The molecular formula is C17H18F3N. The topological polar surface area (TPSA) is 12.0 Å². The van der Waals surface area contributed by atoms with Crippen LogP contribution in [0.1, 0.15) is 35.2 Å². The van der Waals surface area contributed by atoms with Crippen molar-refractivity contribution in [1.29, 1.82) is 0 Å². The lowest BCUT2D eigenvalue weighted by atomic mass is 10.00. The van der Waals surface area contributed by atoms with Gasteiger partial charge in [0.15, 0.2) is 11.6 Å². The van der Waals surface area contributed by atoms with Crippen LogP contribution >= 0.6 is 0 Å². The molecule has 0 fully saturated rings. The molecule has 0 amide bonds. The molecule has 112 valence electrons. The van der Waals surface area contributed by atoms with Gasteiger partial charge in [-0.1, -0.05) is 23.8 Å². The van der Waals surface area contributed by atoms with E-state index in [1.807, 2.05) is 32.9 Å². The van der Waals surface area contributed by atoms with E-state index in [1.54, 1.807) is 0 Å². The second-order valence-corrected chi connectivity index (χ2v) is 5.32. The number of benzene rings is 2. The fourth-order valence-corrected chi connectivity index (χ4v) is 2.30. The Morgan fingerprint density at radius 1 is 0.952 bits per heavy atom. The zero-order valence-electron chi connectivity index (χ0n) is 12.3. The van der Waals surface area contributed by atoms with Gasteiger partial charge in [0.1, 0.15) is 5.82 Å². The number of hydrogen-bond donors (Lipinski definition) is 1. The Morgan fingerprint density at radius 2 is 1.62 bits per heavy atom. The van der Waals surface area contributed by atoms with Crippen molar-refractivity contribution in [3.8, 4) is 0 Å². The van der Waals surface area contributed by atoms with Crippen molar-refractivity contribution in [3.63, 3.8) is 0 Å². The molecule has 1 atom stereocenters. The number of nitrogens with one attached hydrogen (secondary N) is 1. The van der Waals surface area contributed by atoms with Crippen LogP contribution in [0.15, 0.2) is 30.3 Å². The third-order valence-electron chi connectivity index (χ3n) is 3.59. The molecule has 1 N–H and O–H groups in total. The first-order valence-corrected chi connectivity index (χ1v) is 6.82. The summed E-state index contributed by atoms with van der Waals surface area (Å²) in [5.41, 5.74) is 3.50. The molecule has 0 spiro atoms. The molecule has 1 nitrogen and oxygen atoms in total. The van der Waals surface area contributed by atoms with Crippen molar-refractivity contribution < 1.29 is 13.2 Å². The second-order valence-electron chi connectivity index (χ2n) is 5.32. The average Bonchev–Trinajstić information content (AvgIpc) is 2.43. The average molecular weight is 293 g/mol. The van der Waals surface area contributed by atoms with Crippen LogP contribution in [0.5, 0.6) is 0 Å². The molecule has 0 aliphatic rings. The largest absolute Gasteiger partial charge is 0.306 e. The highest BCUT2D eigenvalue weighted by Gasteiger charge is 2.12. The van der Waals surface area contributed by atoms with Gasteiger partial charge in [-0.25, -0.2) is 13.2 Å². The summed E-state index contributed by atoms with van der Waals surface area (Å²) in [5.74, 6) is -2.94. The molecule has 21 heavy (non-hydrogen) atoms. The molecule has 0 aliphatic heterocycles. The third kappa shape index (κ3) is 3.64. The molecule has 2 rings (SSSR count). The van der Waals surface area contributed by atoms with Crippen molar-refractivity contribution in [2.45, 2.75) is 33.4 Å². The lowest BCUT2D eigenvalue weighted by Crippen LogP contribution is -2.20. The minimum atomic E-state index is -1.17. The second kappa shape index (κ2) is 6.31. The molecule has 0 saturated heterocycles. The first kappa shape index (κ1) is 15.6. The van der Waals surface area contributed by atoms with Gasteiger partial charge in [-0.3, -0.25) is 0 Å². The van der Waals surface area contributed by atoms with Gasteiger partial charge in [-0.05, 0) is 38.0 Å². The van der Waals surface area contributed by atoms with Crippen LogP contribution in [0, 0.1) is 31.3 Å². The van der Waals surface area contributed by atoms with Crippen molar-refractivity contribution in [3.05, 3.63) is 70.0 Å². The smallest absolute Gasteiger partial charge is 0.161 e. The molecule has 0 bridgehead atoms. The van der Waals surface area contributed by atoms with E-state index in [1.165, 1.54) is 0 Å². The normalized spacial score (nSPS) is 12.5. The van der Waals surface area contributed by atoms with E-state index in [2.05, 4.69) is 11.4 Å². The Kier molecular flexibility index (Phi) is 4.68. The predicted molar refractivity (Wildman–Crippen MR) is 77.5 cm³/mol. The van der Waals surface area contributed by atoms with Gasteiger partial charge in [0.2, 0.25) is 0 Å². The maximum atomic E-state index is 13.6. The minimum Gasteiger partial charge on any atom is -0.306 e. The Balaban J connectivity index is 2.12. The lowest BCUT2D eigenvalue weighted by Gasteiger charge is -2.17. The van der Waals surface area contributed by atoms with Crippen LogP contribution in [0.2, 0.25) is 0 Å². The zero-order chi connectivity index (χ0) is 15.6. The summed E-state index contributed by atoms with van der Waals surface area (Å²) in [6.07, 6.45) is 0. The fourth-order valence-electron chi connectivity index (χ4n) is 2.30. The molecule has 0 saturated carbocycles. The van der Waals surface area contributed by atoms with Gasteiger partial charge in [0, 0.05) is 24.2 Å². The highest BCUT2D eigenvalue weighted by Crippen LogP contribution is 2.20. The van der Waals surface area contributed by atoms with Gasteiger partial charge in [0.05, 0.1) is 0 Å². The highest BCUT2D eigenvalue weighted by atomic mass is 19.2. The van der Waals surface area contributed by atoms with Crippen molar-refractivity contribution in [2.24, 2.45) is 0 Å². The standard InChI is InChI=1S/C17H18F3N/c1-10-4-5-11(2)14(6-10)12(3)21-9-13-7-16(19)17(20)8-15(13)18/h4-8,12,21H,9H2,1-3H3. The summed E-state index contributed by atoms with van der Waals surface area (Å²) < 4.78 is 39.6. The van der Waals surface area contributed by atoms with E-state index < -0.39 is 17.5 Å². The number of hydrogen-bond acceptors (Lipinski definition) is 1. The van der Waals surface area contributed by atoms with E-state index in [9.17, 15) is 13.2 Å². The van der Waals surface area contributed by atoms with Gasteiger partial charge in [-0.15, -0.1) is 0 Å². The third-order valence-corrected chi connectivity index (χ3v) is 3.59. The Hall–Kier alpha value is -1.81. The summed E-state index contributed by atoms with van der Waals surface area (Å²) in [6.45, 7) is 6.10. The maximum Gasteiger partial charge on any atom is 0.161 e. The molecule has 0 heterocycles. The van der Waals surface area contributed by atoms with Gasteiger partial charge in [0.25, 0.3) is 0 Å².